The van der Waals surface area contributed by atoms with Gasteiger partial charge in [0, 0.05) is 31.8 Å². The molecule has 2 fully saturated rings. The number of nitrogens with zero attached hydrogens (tertiary/aromatic N) is 1. The predicted octanol–water partition coefficient (Wildman–Crippen LogP) is 0.209. The van der Waals surface area contributed by atoms with Gasteiger partial charge in [-0.05, 0) is 32.7 Å². The van der Waals surface area contributed by atoms with Crippen molar-refractivity contribution in [1.82, 2.24) is 10.2 Å². The Bertz CT molecular complexity index is 213. The lowest BCUT2D eigenvalue weighted by Gasteiger charge is -2.36. The summed E-state index contributed by atoms with van der Waals surface area (Å²) in [5.74, 6) is 0. The van der Waals surface area contributed by atoms with E-state index in [1.54, 1.807) is 7.11 Å². The van der Waals surface area contributed by atoms with E-state index in [2.05, 4.69) is 17.3 Å². The predicted molar refractivity (Wildman–Crippen MR) is 63.5 cm³/mol. The molecule has 4 nitrogen and oxygen atoms in total. The first kappa shape index (κ1) is 12.3. The van der Waals surface area contributed by atoms with Crippen molar-refractivity contribution in [2.75, 3.05) is 27.3 Å². The van der Waals surface area contributed by atoms with Crippen molar-refractivity contribution in [2.24, 2.45) is 0 Å². The molecule has 0 aromatic carbocycles. The highest BCUT2D eigenvalue weighted by molar-refractivity contribution is 4.95. The molecule has 2 N–H and O–H groups in total. The van der Waals surface area contributed by atoms with Crippen LogP contribution in [0, 0.1) is 0 Å². The lowest BCUT2D eigenvalue weighted by Crippen LogP contribution is -2.49. The smallest absolute Gasteiger partial charge is 0.0900 e. The van der Waals surface area contributed by atoms with Crippen molar-refractivity contribution in [3.05, 3.63) is 0 Å². The Labute approximate surface area is 98.0 Å². The van der Waals surface area contributed by atoms with Crippen molar-refractivity contribution in [2.45, 2.75) is 49.9 Å². The Hall–Kier alpha value is -0.160. The van der Waals surface area contributed by atoms with Crippen LogP contribution in [-0.4, -0.2) is 61.5 Å². The molecule has 2 rings (SSSR count). The molecular formula is C12H24N2O2. The van der Waals surface area contributed by atoms with E-state index in [0.717, 1.165) is 6.54 Å². The van der Waals surface area contributed by atoms with Gasteiger partial charge in [0.05, 0.1) is 12.7 Å². The molecule has 94 valence electrons. The van der Waals surface area contributed by atoms with Crippen LogP contribution in [0.15, 0.2) is 0 Å². The van der Waals surface area contributed by atoms with Crippen LogP contribution in [0.1, 0.15) is 25.7 Å². The van der Waals surface area contributed by atoms with Gasteiger partial charge in [-0.2, -0.15) is 0 Å². The fraction of sp³-hybridized carbons (Fsp3) is 1.00. The van der Waals surface area contributed by atoms with E-state index >= 15 is 0 Å². The summed E-state index contributed by atoms with van der Waals surface area (Å²) in [5, 5.41) is 13.4. The van der Waals surface area contributed by atoms with Gasteiger partial charge in [0.2, 0.25) is 0 Å². The van der Waals surface area contributed by atoms with E-state index in [0.29, 0.717) is 24.7 Å². The van der Waals surface area contributed by atoms with Crippen LogP contribution in [0.5, 0.6) is 0 Å². The van der Waals surface area contributed by atoms with Gasteiger partial charge in [-0.3, -0.25) is 0 Å². The highest BCUT2D eigenvalue weighted by Crippen LogP contribution is 2.29. The van der Waals surface area contributed by atoms with Gasteiger partial charge in [-0.25, -0.2) is 0 Å². The Kier molecular flexibility index (Phi) is 4.19. The maximum atomic E-state index is 9.72. The molecule has 2 aliphatic rings. The fourth-order valence-electron chi connectivity index (χ4n) is 3.11. The van der Waals surface area contributed by atoms with Crippen LogP contribution < -0.4 is 5.32 Å². The molecule has 4 heteroatoms. The highest BCUT2D eigenvalue weighted by atomic mass is 16.5. The zero-order valence-corrected chi connectivity index (χ0v) is 10.4. The van der Waals surface area contributed by atoms with Crippen LogP contribution in [-0.2, 0) is 4.74 Å². The average molecular weight is 228 g/mol. The van der Waals surface area contributed by atoms with Crippen molar-refractivity contribution >= 4 is 0 Å². The summed E-state index contributed by atoms with van der Waals surface area (Å²) in [6, 6.07) is 2.06. The molecule has 0 amide bonds. The van der Waals surface area contributed by atoms with Gasteiger partial charge in [-0.15, -0.1) is 0 Å². The third-order valence-corrected chi connectivity index (χ3v) is 3.93. The van der Waals surface area contributed by atoms with E-state index in [9.17, 15) is 5.11 Å². The van der Waals surface area contributed by atoms with E-state index < -0.39 is 0 Å². The Morgan fingerprint density at radius 3 is 2.56 bits per heavy atom. The van der Waals surface area contributed by atoms with Gasteiger partial charge < -0.3 is 20.1 Å². The van der Waals surface area contributed by atoms with E-state index in [4.69, 9.17) is 4.74 Å². The topological polar surface area (TPSA) is 44.7 Å². The van der Waals surface area contributed by atoms with Crippen molar-refractivity contribution in [1.29, 1.82) is 0 Å². The number of piperidine rings is 1. The molecule has 2 bridgehead atoms. The summed E-state index contributed by atoms with van der Waals surface area (Å²) >= 11 is 0. The molecule has 0 aromatic rings. The Morgan fingerprint density at radius 1 is 1.38 bits per heavy atom. The first-order chi connectivity index (χ1) is 7.69. The SMILES string of the molecule is COCC(O)CN(C)C1CC2CCC(C1)N2. The van der Waals surface area contributed by atoms with Gasteiger partial charge in [0.25, 0.3) is 0 Å². The van der Waals surface area contributed by atoms with Gasteiger partial charge in [0.1, 0.15) is 0 Å². The molecule has 0 spiro atoms. The number of aliphatic hydroxyl groups is 1. The molecule has 3 atom stereocenters. The van der Waals surface area contributed by atoms with Crippen molar-refractivity contribution < 1.29 is 9.84 Å². The van der Waals surface area contributed by atoms with E-state index in [1.165, 1.54) is 25.7 Å². The third kappa shape index (κ3) is 2.94. The molecule has 3 unspecified atom stereocenters. The molecule has 0 saturated carbocycles. The zero-order chi connectivity index (χ0) is 11.5. The second-order valence-electron chi connectivity index (χ2n) is 5.31. The maximum absolute atomic E-state index is 9.72. The molecule has 2 aliphatic heterocycles. The van der Waals surface area contributed by atoms with Gasteiger partial charge in [-0.1, -0.05) is 0 Å². The van der Waals surface area contributed by atoms with E-state index in [-0.39, 0.29) is 6.10 Å². The van der Waals surface area contributed by atoms with Crippen LogP contribution in [0.3, 0.4) is 0 Å². The summed E-state index contributed by atoms with van der Waals surface area (Å²) < 4.78 is 4.96. The summed E-state index contributed by atoms with van der Waals surface area (Å²) in [5.41, 5.74) is 0. The number of rotatable bonds is 5. The maximum Gasteiger partial charge on any atom is 0.0900 e. The molecule has 0 radical (unpaired) electrons. The van der Waals surface area contributed by atoms with Crippen LogP contribution in [0.4, 0.5) is 0 Å². The highest BCUT2D eigenvalue weighted by Gasteiger charge is 2.35. The first-order valence-corrected chi connectivity index (χ1v) is 6.32. The Balaban J connectivity index is 1.78. The van der Waals surface area contributed by atoms with Gasteiger partial charge in [0.15, 0.2) is 0 Å². The quantitative estimate of drug-likeness (QED) is 0.706. The minimum absolute atomic E-state index is 0.359. The van der Waals surface area contributed by atoms with Crippen LogP contribution in [0.25, 0.3) is 0 Å². The summed E-state index contributed by atoms with van der Waals surface area (Å²) in [6.07, 6.45) is 4.76. The normalized spacial score (nSPS) is 35.6. The molecule has 0 aliphatic carbocycles. The molecule has 0 aromatic heterocycles. The van der Waals surface area contributed by atoms with Crippen molar-refractivity contribution in [3.63, 3.8) is 0 Å². The fourth-order valence-corrected chi connectivity index (χ4v) is 3.11. The third-order valence-electron chi connectivity index (χ3n) is 3.93. The number of hydrogen-bond acceptors (Lipinski definition) is 4. The van der Waals surface area contributed by atoms with Gasteiger partial charge >= 0.3 is 0 Å². The molecule has 2 saturated heterocycles. The largest absolute Gasteiger partial charge is 0.389 e. The molecule has 2 heterocycles. The lowest BCUT2D eigenvalue weighted by atomic mass is 9.98. The van der Waals surface area contributed by atoms with Crippen LogP contribution >= 0.6 is 0 Å². The second-order valence-corrected chi connectivity index (χ2v) is 5.31. The first-order valence-electron chi connectivity index (χ1n) is 6.32. The summed E-state index contributed by atoms with van der Waals surface area (Å²) in [7, 11) is 3.75. The lowest BCUT2D eigenvalue weighted by molar-refractivity contribution is 0.0282. The standard InChI is InChI=1S/C12H24N2O2/c1-14(7-12(15)8-16-2)11-5-9-3-4-10(6-11)13-9/h9-13,15H,3-8H2,1-2H3. The number of fused-ring (bicyclic) bond motifs is 2. The van der Waals surface area contributed by atoms with Crippen LogP contribution in [0.2, 0.25) is 0 Å². The minimum atomic E-state index is -0.359. The van der Waals surface area contributed by atoms with E-state index in [1.807, 2.05) is 0 Å². The number of likely N-dealkylation sites (N-methyl/N-ethyl adjacent to an activating group) is 1. The zero-order valence-electron chi connectivity index (χ0n) is 10.4. The number of methoxy groups -OCH3 is 1. The number of hydrogen-bond donors (Lipinski definition) is 2. The summed E-state index contributed by atoms with van der Waals surface area (Å²) in [4.78, 5) is 2.30. The Morgan fingerprint density at radius 2 is 2.00 bits per heavy atom. The minimum Gasteiger partial charge on any atom is -0.389 e. The summed E-state index contributed by atoms with van der Waals surface area (Å²) in [6.45, 7) is 1.15. The average Bonchev–Trinajstić information content (AvgIpc) is 2.58. The monoisotopic (exact) mass is 228 g/mol. The second kappa shape index (κ2) is 5.45. The molecule has 16 heavy (non-hydrogen) atoms. The number of aliphatic hydroxyl groups excluding tert-OH is 1. The number of nitrogens with one attached hydrogen (secondary N) is 1. The molecular weight excluding hydrogens is 204 g/mol. The van der Waals surface area contributed by atoms with Crippen molar-refractivity contribution in [3.8, 4) is 0 Å². The number of ether oxygens (including phenoxy) is 1.